The zero-order chi connectivity index (χ0) is 11.0. The molecule has 0 heterocycles. The Labute approximate surface area is 97.4 Å². The molecule has 1 unspecified atom stereocenters. The van der Waals surface area contributed by atoms with Crippen molar-refractivity contribution in [3.8, 4) is 6.07 Å². The van der Waals surface area contributed by atoms with E-state index in [1.54, 1.807) is 18.2 Å². The number of ketones is 1. The minimum Gasteiger partial charge on any atom is -0.294 e. The van der Waals surface area contributed by atoms with Crippen molar-refractivity contribution in [3.05, 3.63) is 33.8 Å². The van der Waals surface area contributed by atoms with Crippen molar-refractivity contribution in [1.29, 1.82) is 5.26 Å². The Kier molecular flexibility index (Phi) is 2.68. The van der Waals surface area contributed by atoms with Gasteiger partial charge in [0.2, 0.25) is 0 Å². The van der Waals surface area contributed by atoms with Crippen LogP contribution in [0.4, 0.5) is 0 Å². The highest BCUT2D eigenvalue weighted by Gasteiger charge is 2.43. The molecule has 1 aromatic carbocycles. The molecule has 0 N–H and O–H groups in total. The quantitative estimate of drug-likeness (QED) is 0.744. The average Bonchev–Trinajstić information content (AvgIpc) is 3.00. The molecule has 1 fully saturated rings. The smallest absolute Gasteiger partial charge is 0.167 e. The molecule has 0 spiro atoms. The summed E-state index contributed by atoms with van der Waals surface area (Å²) in [5.41, 5.74) is 0.534. The molecule has 15 heavy (non-hydrogen) atoms. The molecule has 0 bridgehead atoms. The molecule has 0 aliphatic heterocycles. The number of Topliss-reactive ketones (excluding diaryl/α,β-unsaturated/α-hetero) is 1. The van der Waals surface area contributed by atoms with Crippen molar-refractivity contribution in [2.75, 3.05) is 0 Å². The summed E-state index contributed by atoms with van der Waals surface area (Å²) in [6.45, 7) is 0. The molecular formula is C11H7Cl2NO. The van der Waals surface area contributed by atoms with Crippen LogP contribution in [0, 0.1) is 23.2 Å². The summed E-state index contributed by atoms with van der Waals surface area (Å²) < 4.78 is 0. The largest absolute Gasteiger partial charge is 0.294 e. The number of nitrogens with zero attached hydrogens (tertiary/aromatic N) is 1. The Morgan fingerprint density at radius 1 is 1.40 bits per heavy atom. The molecular weight excluding hydrogens is 233 g/mol. The zero-order valence-corrected chi connectivity index (χ0v) is 9.22. The van der Waals surface area contributed by atoms with Crippen LogP contribution in [0.2, 0.25) is 10.0 Å². The lowest BCUT2D eigenvalue weighted by molar-refractivity contribution is 0.0964. The fourth-order valence-corrected chi connectivity index (χ4v) is 1.79. The van der Waals surface area contributed by atoms with Gasteiger partial charge in [0.25, 0.3) is 0 Å². The Hall–Kier alpha value is -1.04. The number of carbonyl (C=O) groups is 1. The van der Waals surface area contributed by atoms with Crippen molar-refractivity contribution in [2.24, 2.45) is 11.8 Å². The predicted molar refractivity (Wildman–Crippen MR) is 58.0 cm³/mol. The van der Waals surface area contributed by atoms with E-state index in [2.05, 4.69) is 6.07 Å². The average molecular weight is 240 g/mol. The maximum atomic E-state index is 11.8. The minimum atomic E-state index is -0.146. The normalized spacial score (nSPS) is 23.3. The van der Waals surface area contributed by atoms with Crippen molar-refractivity contribution in [1.82, 2.24) is 0 Å². The van der Waals surface area contributed by atoms with Crippen LogP contribution in [0.5, 0.6) is 0 Å². The molecule has 2 atom stereocenters. The van der Waals surface area contributed by atoms with E-state index in [1.807, 2.05) is 0 Å². The summed E-state index contributed by atoms with van der Waals surface area (Å²) in [6.07, 6.45) is 0.662. The van der Waals surface area contributed by atoms with Gasteiger partial charge in [0, 0.05) is 11.5 Å². The molecule has 76 valence electrons. The molecule has 0 aromatic heterocycles. The first-order valence-corrected chi connectivity index (χ1v) is 5.28. The van der Waals surface area contributed by atoms with Gasteiger partial charge in [-0.1, -0.05) is 23.2 Å². The van der Waals surface area contributed by atoms with Crippen LogP contribution in [0.1, 0.15) is 16.8 Å². The summed E-state index contributed by atoms with van der Waals surface area (Å²) in [4.78, 5) is 11.8. The van der Waals surface area contributed by atoms with E-state index in [0.29, 0.717) is 22.0 Å². The second-order valence-corrected chi connectivity index (χ2v) is 4.39. The number of carbonyl (C=O) groups excluding carboxylic acids is 1. The molecule has 2 rings (SSSR count). The fraction of sp³-hybridized carbons (Fsp3) is 0.273. The first-order valence-electron chi connectivity index (χ1n) is 4.52. The minimum absolute atomic E-state index is 0.0138. The third-order valence-electron chi connectivity index (χ3n) is 2.50. The molecule has 1 aliphatic rings. The van der Waals surface area contributed by atoms with Gasteiger partial charge in [-0.25, -0.2) is 0 Å². The molecule has 0 saturated heterocycles. The molecule has 1 aliphatic carbocycles. The summed E-state index contributed by atoms with van der Waals surface area (Å²) >= 11 is 11.5. The highest BCUT2D eigenvalue weighted by Crippen LogP contribution is 2.40. The maximum absolute atomic E-state index is 11.8. The first-order chi connectivity index (χ1) is 7.13. The lowest BCUT2D eigenvalue weighted by Crippen LogP contribution is -2.02. The summed E-state index contributed by atoms with van der Waals surface area (Å²) in [5.74, 6) is -0.278. The van der Waals surface area contributed by atoms with Crippen LogP contribution in [0.15, 0.2) is 18.2 Å². The van der Waals surface area contributed by atoms with Crippen LogP contribution < -0.4 is 0 Å². The van der Waals surface area contributed by atoms with Gasteiger partial charge < -0.3 is 0 Å². The van der Waals surface area contributed by atoms with Gasteiger partial charge in [-0.05, 0) is 24.6 Å². The van der Waals surface area contributed by atoms with Crippen LogP contribution in [0.3, 0.4) is 0 Å². The lowest BCUT2D eigenvalue weighted by atomic mass is 10.1. The van der Waals surface area contributed by atoms with Gasteiger partial charge >= 0.3 is 0 Å². The van der Waals surface area contributed by atoms with Crippen molar-refractivity contribution >= 4 is 29.0 Å². The zero-order valence-electron chi connectivity index (χ0n) is 7.71. The van der Waals surface area contributed by atoms with Gasteiger partial charge in [0.05, 0.1) is 22.0 Å². The molecule has 0 amide bonds. The molecule has 2 nitrogen and oxygen atoms in total. The number of hydrogen-bond donors (Lipinski definition) is 0. The fourth-order valence-electron chi connectivity index (χ4n) is 1.49. The van der Waals surface area contributed by atoms with E-state index in [4.69, 9.17) is 28.5 Å². The second-order valence-electron chi connectivity index (χ2n) is 3.57. The summed E-state index contributed by atoms with van der Waals surface area (Å²) in [6, 6.07) is 6.88. The highest BCUT2D eigenvalue weighted by atomic mass is 35.5. The van der Waals surface area contributed by atoms with E-state index in [9.17, 15) is 4.79 Å². The summed E-state index contributed by atoms with van der Waals surface area (Å²) in [7, 11) is 0. The van der Waals surface area contributed by atoms with E-state index < -0.39 is 0 Å². The van der Waals surface area contributed by atoms with E-state index in [-0.39, 0.29) is 17.6 Å². The monoisotopic (exact) mass is 239 g/mol. The predicted octanol–water partition coefficient (Wildman–Crippen LogP) is 3.34. The van der Waals surface area contributed by atoms with Crippen LogP contribution in [-0.2, 0) is 0 Å². The van der Waals surface area contributed by atoms with E-state index in [0.717, 1.165) is 0 Å². The van der Waals surface area contributed by atoms with E-state index in [1.165, 1.54) is 0 Å². The van der Waals surface area contributed by atoms with E-state index >= 15 is 0 Å². The lowest BCUT2D eigenvalue weighted by Gasteiger charge is -2.00. The Balaban J connectivity index is 2.21. The molecule has 4 heteroatoms. The van der Waals surface area contributed by atoms with Crippen molar-refractivity contribution < 1.29 is 4.79 Å². The number of halogens is 2. The third-order valence-corrected chi connectivity index (χ3v) is 3.24. The third kappa shape index (κ3) is 1.99. The SMILES string of the molecule is N#CC1C[C@@H]1C(=O)c1ccc(Cl)c(Cl)c1. The summed E-state index contributed by atoms with van der Waals surface area (Å²) in [5, 5.41) is 9.42. The number of nitriles is 1. The van der Waals surface area contributed by atoms with Gasteiger partial charge in [0.15, 0.2) is 5.78 Å². The molecule has 0 radical (unpaired) electrons. The van der Waals surface area contributed by atoms with Crippen molar-refractivity contribution in [3.63, 3.8) is 0 Å². The van der Waals surface area contributed by atoms with Crippen LogP contribution in [-0.4, -0.2) is 5.78 Å². The Morgan fingerprint density at radius 2 is 2.13 bits per heavy atom. The van der Waals surface area contributed by atoms with Gasteiger partial charge in [0.1, 0.15) is 0 Å². The Bertz CT molecular complexity index is 464. The first kappa shape index (κ1) is 10.5. The molecule has 1 saturated carbocycles. The van der Waals surface area contributed by atoms with Gasteiger partial charge in [-0.2, -0.15) is 5.26 Å². The van der Waals surface area contributed by atoms with Gasteiger partial charge in [-0.15, -0.1) is 0 Å². The van der Waals surface area contributed by atoms with Gasteiger partial charge in [-0.3, -0.25) is 4.79 Å². The second kappa shape index (κ2) is 3.84. The van der Waals surface area contributed by atoms with Crippen molar-refractivity contribution in [2.45, 2.75) is 6.42 Å². The maximum Gasteiger partial charge on any atom is 0.167 e. The standard InChI is InChI=1S/C11H7Cl2NO/c12-9-2-1-6(4-10(9)13)11(15)8-3-7(8)5-14/h1-2,4,7-8H,3H2/t7?,8-/m0/s1. The number of rotatable bonds is 2. The number of benzene rings is 1. The number of hydrogen-bond acceptors (Lipinski definition) is 2. The highest BCUT2D eigenvalue weighted by molar-refractivity contribution is 6.42. The van der Waals surface area contributed by atoms with Crippen LogP contribution in [0.25, 0.3) is 0 Å². The Morgan fingerprint density at radius 3 is 2.67 bits per heavy atom. The van der Waals surface area contributed by atoms with Crippen LogP contribution >= 0.6 is 23.2 Å². The molecule has 1 aromatic rings. The topological polar surface area (TPSA) is 40.9 Å².